The van der Waals surface area contributed by atoms with Crippen LogP contribution < -0.4 is 0 Å². The summed E-state index contributed by atoms with van der Waals surface area (Å²) in [6.45, 7) is 4.41. The number of ketones is 1. The van der Waals surface area contributed by atoms with Crippen LogP contribution in [-0.2, 0) is 6.42 Å². The molecule has 1 aromatic rings. The average molecular weight is 202 g/mol. The largest absolute Gasteiger partial charge is 0.294 e. The molecule has 1 nitrogen and oxygen atoms in total. The molecule has 0 atom stereocenters. The summed E-state index contributed by atoms with van der Waals surface area (Å²) in [7, 11) is 0. The zero-order valence-electron chi connectivity index (χ0n) is 9.49. The molecule has 1 saturated carbocycles. The Hall–Kier alpha value is -1.11. The van der Waals surface area contributed by atoms with E-state index in [1.165, 1.54) is 5.56 Å². The molecular formula is C14H18O. The molecule has 0 heterocycles. The van der Waals surface area contributed by atoms with Gasteiger partial charge in [0.15, 0.2) is 5.78 Å². The minimum Gasteiger partial charge on any atom is -0.294 e. The van der Waals surface area contributed by atoms with E-state index in [1.54, 1.807) is 0 Å². The number of carbonyl (C=O) groups excluding carboxylic acids is 1. The average Bonchev–Trinajstić information content (AvgIpc) is 2.99. The smallest absolute Gasteiger partial charge is 0.165 e. The van der Waals surface area contributed by atoms with Crippen LogP contribution in [0.1, 0.15) is 42.6 Å². The fraction of sp³-hybridized carbons (Fsp3) is 0.500. The molecule has 0 aliphatic heterocycles. The Kier molecular flexibility index (Phi) is 2.90. The van der Waals surface area contributed by atoms with Gasteiger partial charge in [-0.1, -0.05) is 32.0 Å². The molecule has 0 saturated heterocycles. The summed E-state index contributed by atoms with van der Waals surface area (Å²) in [5.41, 5.74) is 2.20. The van der Waals surface area contributed by atoms with Crippen molar-refractivity contribution in [1.82, 2.24) is 0 Å². The number of rotatable bonds is 4. The molecule has 1 fully saturated rings. The first kappa shape index (κ1) is 10.4. The highest BCUT2D eigenvalue weighted by molar-refractivity contribution is 5.99. The summed E-state index contributed by atoms with van der Waals surface area (Å²) >= 11 is 0. The third-order valence-electron chi connectivity index (χ3n) is 2.80. The molecule has 1 aliphatic carbocycles. The van der Waals surface area contributed by atoms with Gasteiger partial charge >= 0.3 is 0 Å². The van der Waals surface area contributed by atoms with E-state index in [2.05, 4.69) is 26.0 Å². The highest BCUT2D eigenvalue weighted by Crippen LogP contribution is 2.32. The SMILES string of the molecule is CC(C)Cc1cccc(C(=O)C2CC2)c1. The maximum Gasteiger partial charge on any atom is 0.165 e. The third kappa shape index (κ3) is 2.68. The fourth-order valence-electron chi connectivity index (χ4n) is 1.90. The summed E-state index contributed by atoms with van der Waals surface area (Å²) in [5, 5.41) is 0. The Morgan fingerprint density at radius 2 is 2.13 bits per heavy atom. The van der Waals surface area contributed by atoms with Gasteiger partial charge in [0.05, 0.1) is 0 Å². The van der Waals surface area contributed by atoms with Crippen molar-refractivity contribution >= 4 is 5.78 Å². The second kappa shape index (κ2) is 4.18. The summed E-state index contributed by atoms with van der Waals surface area (Å²) in [4.78, 5) is 11.8. The van der Waals surface area contributed by atoms with E-state index in [4.69, 9.17) is 0 Å². The molecule has 1 aliphatic rings. The summed E-state index contributed by atoms with van der Waals surface area (Å²) in [6.07, 6.45) is 3.24. The van der Waals surface area contributed by atoms with Crippen LogP contribution in [0.4, 0.5) is 0 Å². The Bertz CT molecular complexity index is 361. The molecule has 80 valence electrons. The Labute approximate surface area is 91.5 Å². The van der Waals surface area contributed by atoms with Crippen LogP contribution in [0.15, 0.2) is 24.3 Å². The molecule has 1 aromatic carbocycles. The van der Waals surface area contributed by atoms with E-state index in [0.29, 0.717) is 17.6 Å². The molecule has 0 unspecified atom stereocenters. The molecule has 0 N–H and O–H groups in total. The van der Waals surface area contributed by atoms with Crippen LogP contribution in [0, 0.1) is 11.8 Å². The highest BCUT2D eigenvalue weighted by atomic mass is 16.1. The van der Waals surface area contributed by atoms with Gasteiger partial charge in [-0.3, -0.25) is 4.79 Å². The standard InChI is InChI=1S/C14H18O/c1-10(2)8-11-4-3-5-13(9-11)14(15)12-6-7-12/h3-5,9-10,12H,6-8H2,1-2H3. The van der Waals surface area contributed by atoms with Gasteiger partial charge in [-0.2, -0.15) is 0 Å². The van der Waals surface area contributed by atoms with Gasteiger partial charge in [-0.25, -0.2) is 0 Å². The zero-order valence-corrected chi connectivity index (χ0v) is 9.49. The predicted octanol–water partition coefficient (Wildman–Crippen LogP) is 3.48. The van der Waals surface area contributed by atoms with Crippen molar-refractivity contribution in [3.8, 4) is 0 Å². The topological polar surface area (TPSA) is 17.1 Å². The number of hydrogen-bond donors (Lipinski definition) is 0. The Morgan fingerprint density at radius 1 is 1.40 bits per heavy atom. The van der Waals surface area contributed by atoms with Crippen LogP contribution in [0.25, 0.3) is 0 Å². The minimum absolute atomic E-state index is 0.333. The van der Waals surface area contributed by atoms with Crippen LogP contribution in [0.3, 0.4) is 0 Å². The van der Waals surface area contributed by atoms with Crippen molar-refractivity contribution in [3.05, 3.63) is 35.4 Å². The lowest BCUT2D eigenvalue weighted by atomic mass is 9.98. The van der Waals surface area contributed by atoms with E-state index in [9.17, 15) is 4.79 Å². The first-order valence-corrected chi connectivity index (χ1v) is 5.80. The molecule has 0 aromatic heterocycles. The fourth-order valence-corrected chi connectivity index (χ4v) is 1.90. The Balaban J connectivity index is 2.14. The quantitative estimate of drug-likeness (QED) is 0.683. The Morgan fingerprint density at radius 3 is 2.73 bits per heavy atom. The summed E-state index contributed by atoms with van der Waals surface area (Å²) in [5.74, 6) is 1.33. The van der Waals surface area contributed by atoms with Crippen LogP contribution in [0.5, 0.6) is 0 Å². The van der Waals surface area contributed by atoms with Crippen molar-refractivity contribution in [3.63, 3.8) is 0 Å². The van der Waals surface area contributed by atoms with Crippen molar-refractivity contribution < 1.29 is 4.79 Å². The van der Waals surface area contributed by atoms with Gasteiger partial charge in [-0.15, -0.1) is 0 Å². The summed E-state index contributed by atoms with van der Waals surface area (Å²) in [6, 6.07) is 8.14. The number of hydrogen-bond acceptors (Lipinski definition) is 1. The second-order valence-electron chi connectivity index (χ2n) is 4.94. The second-order valence-corrected chi connectivity index (χ2v) is 4.94. The first-order valence-electron chi connectivity index (χ1n) is 5.80. The van der Waals surface area contributed by atoms with E-state index < -0.39 is 0 Å². The van der Waals surface area contributed by atoms with Crippen molar-refractivity contribution in [2.45, 2.75) is 33.1 Å². The minimum atomic E-state index is 0.333. The van der Waals surface area contributed by atoms with Gasteiger partial charge in [0.2, 0.25) is 0 Å². The number of Topliss-reactive ketones (excluding diaryl/α,β-unsaturated/α-hetero) is 1. The first-order chi connectivity index (χ1) is 7.16. The molecule has 15 heavy (non-hydrogen) atoms. The maximum atomic E-state index is 11.8. The predicted molar refractivity (Wildman–Crippen MR) is 62.0 cm³/mol. The molecule has 2 rings (SSSR count). The lowest BCUT2D eigenvalue weighted by molar-refractivity contribution is 0.0967. The van der Waals surface area contributed by atoms with Crippen LogP contribution >= 0.6 is 0 Å². The molecular weight excluding hydrogens is 184 g/mol. The van der Waals surface area contributed by atoms with Gasteiger partial charge in [0.1, 0.15) is 0 Å². The molecule has 0 bridgehead atoms. The van der Waals surface area contributed by atoms with E-state index in [0.717, 1.165) is 24.8 Å². The summed E-state index contributed by atoms with van der Waals surface area (Å²) < 4.78 is 0. The van der Waals surface area contributed by atoms with Crippen molar-refractivity contribution in [1.29, 1.82) is 0 Å². The maximum absolute atomic E-state index is 11.8. The van der Waals surface area contributed by atoms with Crippen LogP contribution in [0.2, 0.25) is 0 Å². The monoisotopic (exact) mass is 202 g/mol. The molecule has 0 amide bonds. The zero-order chi connectivity index (χ0) is 10.8. The van der Waals surface area contributed by atoms with Gasteiger partial charge in [0.25, 0.3) is 0 Å². The van der Waals surface area contributed by atoms with E-state index in [1.807, 2.05) is 12.1 Å². The molecule has 0 spiro atoms. The third-order valence-corrected chi connectivity index (χ3v) is 2.80. The number of carbonyl (C=O) groups is 1. The lowest BCUT2D eigenvalue weighted by Gasteiger charge is -2.06. The normalized spacial score (nSPS) is 15.7. The highest BCUT2D eigenvalue weighted by Gasteiger charge is 2.30. The van der Waals surface area contributed by atoms with Gasteiger partial charge in [-0.05, 0) is 36.8 Å². The van der Waals surface area contributed by atoms with Gasteiger partial charge < -0.3 is 0 Å². The van der Waals surface area contributed by atoms with Crippen molar-refractivity contribution in [2.24, 2.45) is 11.8 Å². The van der Waals surface area contributed by atoms with Crippen molar-refractivity contribution in [2.75, 3.05) is 0 Å². The van der Waals surface area contributed by atoms with Crippen LogP contribution in [-0.4, -0.2) is 5.78 Å². The molecule has 1 heteroatoms. The van der Waals surface area contributed by atoms with E-state index in [-0.39, 0.29) is 0 Å². The molecule has 0 radical (unpaired) electrons. The van der Waals surface area contributed by atoms with Gasteiger partial charge in [0, 0.05) is 11.5 Å². The lowest BCUT2D eigenvalue weighted by Crippen LogP contribution is -2.02. The number of benzene rings is 1. The van der Waals surface area contributed by atoms with E-state index >= 15 is 0 Å².